The first-order valence-corrected chi connectivity index (χ1v) is 7.65. The quantitative estimate of drug-likeness (QED) is 0.617. The minimum Gasteiger partial charge on any atom is -0.399 e. The van der Waals surface area contributed by atoms with Gasteiger partial charge in [0.2, 0.25) is 0 Å². The third kappa shape index (κ3) is 4.05. The Morgan fingerprint density at radius 1 is 1.06 bits per heavy atom. The summed E-state index contributed by atoms with van der Waals surface area (Å²) < 4.78 is 1.23. The second kappa shape index (κ2) is 6.47. The van der Waals surface area contributed by atoms with Gasteiger partial charge in [-0.05, 0) is 53.6 Å². The van der Waals surface area contributed by atoms with Crippen molar-refractivity contribution in [3.05, 3.63) is 21.8 Å². The van der Waals surface area contributed by atoms with Crippen molar-refractivity contribution in [2.45, 2.75) is 51.0 Å². The lowest BCUT2D eigenvalue weighted by Crippen LogP contribution is -2.21. The molecule has 1 aromatic carbocycles. The van der Waals surface area contributed by atoms with Crippen molar-refractivity contribution in [3.8, 4) is 0 Å². The van der Waals surface area contributed by atoms with E-state index in [4.69, 9.17) is 5.73 Å². The molecule has 0 saturated heterocycles. The number of halogens is 1. The second-order valence-corrected chi connectivity index (χ2v) is 6.09. The van der Waals surface area contributed by atoms with Crippen molar-refractivity contribution < 1.29 is 0 Å². The molecular weight excluding hydrogens is 323 g/mol. The lowest BCUT2D eigenvalue weighted by atomic mass is 9.96. The molecule has 0 aromatic heterocycles. The van der Waals surface area contributed by atoms with Gasteiger partial charge in [-0.25, -0.2) is 0 Å². The van der Waals surface area contributed by atoms with Crippen LogP contribution >= 0.6 is 22.6 Å². The van der Waals surface area contributed by atoms with Crippen LogP contribution in [0.2, 0.25) is 0 Å². The number of nitrogen functional groups attached to an aromatic ring is 1. The van der Waals surface area contributed by atoms with Gasteiger partial charge in [-0.2, -0.15) is 0 Å². The summed E-state index contributed by atoms with van der Waals surface area (Å²) in [6.07, 6.45) is 9.56. The van der Waals surface area contributed by atoms with Crippen molar-refractivity contribution in [1.82, 2.24) is 0 Å². The first kappa shape index (κ1) is 13.0. The van der Waals surface area contributed by atoms with Crippen LogP contribution in [-0.4, -0.2) is 6.04 Å². The van der Waals surface area contributed by atoms with Gasteiger partial charge in [0.1, 0.15) is 0 Å². The predicted octanol–water partition coefficient (Wildman–Crippen LogP) is 4.40. The fraction of sp³-hybridized carbons (Fsp3) is 0.571. The molecule has 1 aliphatic carbocycles. The Balaban J connectivity index is 1.98. The number of rotatable bonds is 2. The van der Waals surface area contributed by atoms with Crippen molar-refractivity contribution in [2.75, 3.05) is 11.1 Å². The minimum atomic E-state index is 0.646. The van der Waals surface area contributed by atoms with E-state index in [1.807, 2.05) is 12.1 Å². The van der Waals surface area contributed by atoms with E-state index in [2.05, 4.69) is 34.0 Å². The van der Waals surface area contributed by atoms with E-state index in [-0.39, 0.29) is 0 Å². The molecule has 1 saturated carbocycles. The average Bonchev–Trinajstić information content (AvgIpc) is 2.25. The summed E-state index contributed by atoms with van der Waals surface area (Å²) >= 11 is 2.36. The molecule has 0 spiro atoms. The van der Waals surface area contributed by atoms with Crippen molar-refractivity contribution in [1.29, 1.82) is 0 Å². The third-order valence-corrected chi connectivity index (χ3v) is 4.35. The molecule has 0 amide bonds. The summed E-state index contributed by atoms with van der Waals surface area (Å²) in [5, 5.41) is 3.68. The molecular formula is C14H21IN2. The zero-order chi connectivity index (χ0) is 12.1. The molecule has 2 rings (SSSR count). The number of benzene rings is 1. The monoisotopic (exact) mass is 344 g/mol. The molecule has 1 aliphatic rings. The number of hydrogen-bond acceptors (Lipinski definition) is 2. The molecule has 94 valence electrons. The lowest BCUT2D eigenvalue weighted by molar-refractivity contribution is 0.471. The standard InChI is InChI=1S/C14H21IN2/c15-13-10-11(16)8-9-14(13)17-12-6-4-2-1-3-5-7-12/h8-10,12,17H,1-7,16H2. The van der Waals surface area contributed by atoms with Crippen LogP contribution in [0, 0.1) is 3.57 Å². The normalized spacial score (nSPS) is 18.4. The molecule has 1 fully saturated rings. The van der Waals surface area contributed by atoms with Crippen LogP contribution in [0.25, 0.3) is 0 Å². The number of nitrogens with two attached hydrogens (primary N) is 1. The van der Waals surface area contributed by atoms with Crippen LogP contribution in [-0.2, 0) is 0 Å². The fourth-order valence-corrected chi connectivity index (χ4v) is 3.16. The molecule has 0 aliphatic heterocycles. The fourth-order valence-electron chi connectivity index (χ4n) is 2.47. The average molecular weight is 344 g/mol. The second-order valence-electron chi connectivity index (χ2n) is 4.93. The molecule has 0 heterocycles. The Morgan fingerprint density at radius 2 is 1.71 bits per heavy atom. The van der Waals surface area contributed by atoms with E-state index in [0.29, 0.717) is 6.04 Å². The number of anilines is 2. The zero-order valence-electron chi connectivity index (χ0n) is 10.2. The van der Waals surface area contributed by atoms with E-state index in [1.165, 1.54) is 54.2 Å². The zero-order valence-corrected chi connectivity index (χ0v) is 12.4. The molecule has 2 nitrogen and oxygen atoms in total. The van der Waals surface area contributed by atoms with Crippen LogP contribution in [0.1, 0.15) is 44.9 Å². The minimum absolute atomic E-state index is 0.646. The van der Waals surface area contributed by atoms with E-state index in [1.54, 1.807) is 0 Å². The Labute approximate surface area is 117 Å². The van der Waals surface area contributed by atoms with Crippen molar-refractivity contribution >= 4 is 34.0 Å². The SMILES string of the molecule is Nc1ccc(NC2CCCCCCC2)c(I)c1. The molecule has 1 aromatic rings. The van der Waals surface area contributed by atoms with Crippen LogP contribution in [0.5, 0.6) is 0 Å². The van der Waals surface area contributed by atoms with Gasteiger partial charge in [0.25, 0.3) is 0 Å². The van der Waals surface area contributed by atoms with Gasteiger partial charge < -0.3 is 11.1 Å². The van der Waals surface area contributed by atoms with Gasteiger partial charge in [0.05, 0.1) is 0 Å². The lowest BCUT2D eigenvalue weighted by Gasteiger charge is -2.23. The maximum Gasteiger partial charge on any atom is 0.0479 e. The Kier molecular flexibility index (Phi) is 4.95. The highest BCUT2D eigenvalue weighted by Crippen LogP contribution is 2.25. The van der Waals surface area contributed by atoms with Crippen molar-refractivity contribution in [3.63, 3.8) is 0 Å². The van der Waals surface area contributed by atoms with E-state index < -0.39 is 0 Å². The van der Waals surface area contributed by atoms with Gasteiger partial charge in [0.15, 0.2) is 0 Å². The van der Waals surface area contributed by atoms with Gasteiger partial charge in [-0.15, -0.1) is 0 Å². The molecule has 0 bridgehead atoms. The molecule has 0 atom stereocenters. The highest BCUT2D eigenvalue weighted by Gasteiger charge is 2.12. The summed E-state index contributed by atoms with van der Waals surface area (Å²) in [6, 6.07) is 6.77. The van der Waals surface area contributed by atoms with Crippen LogP contribution < -0.4 is 11.1 Å². The van der Waals surface area contributed by atoms with Crippen molar-refractivity contribution in [2.24, 2.45) is 0 Å². The topological polar surface area (TPSA) is 38.0 Å². The predicted molar refractivity (Wildman–Crippen MR) is 83.3 cm³/mol. The number of hydrogen-bond donors (Lipinski definition) is 2. The maximum absolute atomic E-state index is 5.77. The summed E-state index contributed by atoms with van der Waals surface area (Å²) in [5.41, 5.74) is 7.86. The van der Waals surface area contributed by atoms with Crippen LogP contribution in [0.4, 0.5) is 11.4 Å². The third-order valence-electron chi connectivity index (χ3n) is 3.46. The van der Waals surface area contributed by atoms with E-state index in [9.17, 15) is 0 Å². The largest absolute Gasteiger partial charge is 0.399 e. The van der Waals surface area contributed by atoms with E-state index in [0.717, 1.165) is 5.69 Å². The molecule has 3 heteroatoms. The molecule has 0 unspecified atom stereocenters. The highest BCUT2D eigenvalue weighted by molar-refractivity contribution is 14.1. The molecule has 17 heavy (non-hydrogen) atoms. The number of nitrogens with one attached hydrogen (secondary N) is 1. The van der Waals surface area contributed by atoms with E-state index >= 15 is 0 Å². The Hall–Kier alpha value is -0.450. The smallest absolute Gasteiger partial charge is 0.0479 e. The van der Waals surface area contributed by atoms with Crippen LogP contribution in [0.15, 0.2) is 18.2 Å². The van der Waals surface area contributed by atoms with Gasteiger partial charge in [-0.1, -0.05) is 32.1 Å². The first-order chi connectivity index (χ1) is 8.25. The van der Waals surface area contributed by atoms with Gasteiger partial charge >= 0.3 is 0 Å². The van der Waals surface area contributed by atoms with Crippen LogP contribution in [0.3, 0.4) is 0 Å². The maximum atomic E-state index is 5.77. The highest BCUT2D eigenvalue weighted by atomic mass is 127. The first-order valence-electron chi connectivity index (χ1n) is 6.57. The van der Waals surface area contributed by atoms with Gasteiger partial charge in [0, 0.05) is 21.0 Å². The summed E-state index contributed by atoms with van der Waals surface area (Å²) in [7, 11) is 0. The Morgan fingerprint density at radius 3 is 2.35 bits per heavy atom. The summed E-state index contributed by atoms with van der Waals surface area (Å²) in [4.78, 5) is 0. The molecule has 3 N–H and O–H groups in total. The van der Waals surface area contributed by atoms with Gasteiger partial charge in [-0.3, -0.25) is 0 Å². The summed E-state index contributed by atoms with van der Waals surface area (Å²) in [5.74, 6) is 0. The Bertz CT molecular complexity index is 357. The molecule has 0 radical (unpaired) electrons. The summed E-state index contributed by atoms with van der Waals surface area (Å²) in [6.45, 7) is 0.